The van der Waals surface area contributed by atoms with Gasteiger partial charge in [0.1, 0.15) is 11.5 Å². The van der Waals surface area contributed by atoms with Crippen molar-refractivity contribution in [3.63, 3.8) is 0 Å². The second kappa shape index (κ2) is 6.39. The Morgan fingerprint density at radius 3 is 2.89 bits per heavy atom. The van der Waals surface area contributed by atoms with Crippen LogP contribution < -0.4 is 5.32 Å². The van der Waals surface area contributed by atoms with Crippen LogP contribution in [-0.2, 0) is 0 Å². The van der Waals surface area contributed by atoms with Crippen molar-refractivity contribution in [2.75, 3.05) is 19.6 Å². The molecule has 2 rings (SSSR count). The molecule has 1 saturated heterocycles. The molecule has 0 spiro atoms. The largest absolute Gasteiger partial charge is 0.465 e. The third-order valence-corrected chi connectivity index (χ3v) is 3.85. The smallest absolute Gasteiger partial charge is 0.121 e. The zero-order chi connectivity index (χ0) is 13.0. The molecule has 0 aliphatic carbocycles. The van der Waals surface area contributed by atoms with Crippen LogP contribution in [0.1, 0.15) is 50.7 Å². The molecule has 2 unspecified atom stereocenters. The van der Waals surface area contributed by atoms with E-state index in [2.05, 4.69) is 36.2 Å². The third-order valence-electron chi connectivity index (χ3n) is 3.85. The van der Waals surface area contributed by atoms with Gasteiger partial charge in [0, 0.05) is 12.6 Å². The molecule has 0 radical (unpaired) electrons. The summed E-state index contributed by atoms with van der Waals surface area (Å²) < 4.78 is 5.77. The van der Waals surface area contributed by atoms with Gasteiger partial charge < -0.3 is 9.73 Å². The minimum absolute atomic E-state index is 0.376. The van der Waals surface area contributed by atoms with Gasteiger partial charge in [-0.25, -0.2) is 0 Å². The standard InChI is InChI=1S/C15H26N2O/c1-4-10-17(11-14-6-5-9-16-14)13(3)15-8-7-12(2)18-15/h7-8,13-14,16H,4-6,9-11H2,1-3H3. The van der Waals surface area contributed by atoms with Crippen LogP contribution >= 0.6 is 0 Å². The van der Waals surface area contributed by atoms with Crippen LogP contribution in [0.5, 0.6) is 0 Å². The minimum Gasteiger partial charge on any atom is -0.465 e. The Balaban J connectivity index is 1.98. The first-order valence-electron chi connectivity index (χ1n) is 7.24. The molecule has 3 nitrogen and oxygen atoms in total. The number of hydrogen-bond donors (Lipinski definition) is 1. The van der Waals surface area contributed by atoms with Crippen molar-refractivity contribution in [1.82, 2.24) is 10.2 Å². The first kappa shape index (κ1) is 13.6. The van der Waals surface area contributed by atoms with Gasteiger partial charge in [-0.3, -0.25) is 4.90 Å². The van der Waals surface area contributed by atoms with Crippen LogP contribution in [-0.4, -0.2) is 30.6 Å². The lowest BCUT2D eigenvalue weighted by molar-refractivity contribution is 0.172. The molecule has 1 N–H and O–H groups in total. The van der Waals surface area contributed by atoms with Gasteiger partial charge in [0.05, 0.1) is 6.04 Å². The maximum absolute atomic E-state index is 5.77. The molecule has 1 aliphatic rings. The molecule has 0 bridgehead atoms. The van der Waals surface area contributed by atoms with E-state index in [0.717, 1.165) is 24.6 Å². The zero-order valence-electron chi connectivity index (χ0n) is 11.9. The fourth-order valence-electron chi connectivity index (χ4n) is 2.78. The lowest BCUT2D eigenvalue weighted by Crippen LogP contribution is -2.39. The van der Waals surface area contributed by atoms with E-state index in [-0.39, 0.29) is 0 Å². The SMILES string of the molecule is CCCN(CC1CCCN1)C(C)c1ccc(C)o1. The highest BCUT2D eigenvalue weighted by Gasteiger charge is 2.23. The number of furan rings is 1. The van der Waals surface area contributed by atoms with Crippen LogP contribution in [0.15, 0.2) is 16.5 Å². The summed E-state index contributed by atoms with van der Waals surface area (Å²) in [7, 11) is 0. The highest BCUT2D eigenvalue weighted by molar-refractivity contribution is 5.09. The van der Waals surface area contributed by atoms with Crippen LogP contribution in [0.4, 0.5) is 0 Å². The quantitative estimate of drug-likeness (QED) is 0.841. The molecule has 18 heavy (non-hydrogen) atoms. The summed E-state index contributed by atoms with van der Waals surface area (Å²) in [6, 6.07) is 5.21. The molecule has 2 heterocycles. The first-order valence-corrected chi connectivity index (χ1v) is 7.24. The van der Waals surface area contributed by atoms with E-state index >= 15 is 0 Å². The van der Waals surface area contributed by atoms with Crippen molar-refractivity contribution in [3.05, 3.63) is 23.7 Å². The van der Waals surface area contributed by atoms with E-state index < -0.39 is 0 Å². The lowest BCUT2D eigenvalue weighted by atomic mass is 10.1. The second-order valence-electron chi connectivity index (χ2n) is 5.41. The van der Waals surface area contributed by atoms with Gasteiger partial charge in [0.15, 0.2) is 0 Å². The Bertz CT molecular complexity index is 355. The van der Waals surface area contributed by atoms with Gasteiger partial charge in [-0.15, -0.1) is 0 Å². The molecular formula is C15H26N2O. The van der Waals surface area contributed by atoms with E-state index in [0.29, 0.717) is 12.1 Å². The molecule has 0 aromatic carbocycles. The van der Waals surface area contributed by atoms with E-state index in [9.17, 15) is 0 Å². The van der Waals surface area contributed by atoms with Crippen LogP contribution in [0, 0.1) is 6.92 Å². The molecule has 102 valence electrons. The number of hydrogen-bond acceptors (Lipinski definition) is 3. The van der Waals surface area contributed by atoms with Crippen LogP contribution in [0.3, 0.4) is 0 Å². The summed E-state index contributed by atoms with van der Waals surface area (Å²) in [5, 5.41) is 3.58. The topological polar surface area (TPSA) is 28.4 Å². The molecule has 1 aromatic rings. The van der Waals surface area contributed by atoms with Gasteiger partial charge >= 0.3 is 0 Å². The molecule has 0 amide bonds. The summed E-state index contributed by atoms with van der Waals surface area (Å²) in [6.45, 7) is 9.96. The van der Waals surface area contributed by atoms with Crippen molar-refractivity contribution in [2.45, 2.75) is 52.1 Å². The predicted octanol–water partition coefficient (Wildman–Crippen LogP) is 3.11. The molecule has 0 saturated carbocycles. The number of nitrogens with zero attached hydrogens (tertiary/aromatic N) is 1. The maximum atomic E-state index is 5.77. The van der Waals surface area contributed by atoms with E-state index in [1.54, 1.807) is 0 Å². The van der Waals surface area contributed by atoms with Gasteiger partial charge in [-0.1, -0.05) is 6.92 Å². The lowest BCUT2D eigenvalue weighted by Gasteiger charge is -2.30. The Labute approximate surface area is 111 Å². The molecule has 1 aliphatic heterocycles. The van der Waals surface area contributed by atoms with Crippen molar-refractivity contribution in [2.24, 2.45) is 0 Å². The molecule has 1 aromatic heterocycles. The summed E-state index contributed by atoms with van der Waals surface area (Å²) >= 11 is 0. The van der Waals surface area contributed by atoms with E-state index in [1.807, 2.05) is 6.92 Å². The third kappa shape index (κ3) is 3.36. The highest BCUT2D eigenvalue weighted by atomic mass is 16.3. The monoisotopic (exact) mass is 250 g/mol. The summed E-state index contributed by atoms with van der Waals surface area (Å²) in [4.78, 5) is 2.54. The highest BCUT2D eigenvalue weighted by Crippen LogP contribution is 2.23. The van der Waals surface area contributed by atoms with Gasteiger partial charge in [-0.05, 0) is 58.3 Å². The number of rotatable bonds is 6. The molecular weight excluding hydrogens is 224 g/mol. The Morgan fingerprint density at radius 2 is 2.33 bits per heavy atom. The van der Waals surface area contributed by atoms with Crippen molar-refractivity contribution >= 4 is 0 Å². The predicted molar refractivity (Wildman–Crippen MR) is 74.7 cm³/mol. The molecule has 2 atom stereocenters. The van der Waals surface area contributed by atoms with E-state index in [4.69, 9.17) is 4.42 Å². The first-order chi connectivity index (χ1) is 8.70. The Hall–Kier alpha value is -0.800. The number of aryl methyl sites for hydroxylation is 1. The molecule has 1 fully saturated rings. The fourth-order valence-corrected chi connectivity index (χ4v) is 2.78. The van der Waals surface area contributed by atoms with Crippen LogP contribution in [0.2, 0.25) is 0 Å². The second-order valence-corrected chi connectivity index (χ2v) is 5.41. The van der Waals surface area contributed by atoms with Gasteiger partial charge in [-0.2, -0.15) is 0 Å². The average molecular weight is 250 g/mol. The summed E-state index contributed by atoms with van der Waals surface area (Å²) in [5.41, 5.74) is 0. The zero-order valence-corrected chi connectivity index (χ0v) is 11.9. The normalized spacial score (nSPS) is 21.7. The van der Waals surface area contributed by atoms with Crippen molar-refractivity contribution in [3.8, 4) is 0 Å². The summed E-state index contributed by atoms with van der Waals surface area (Å²) in [6.07, 6.45) is 3.82. The molecule has 3 heteroatoms. The van der Waals surface area contributed by atoms with Gasteiger partial charge in [0.25, 0.3) is 0 Å². The minimum atomic E-state index is 0.376. The number of nitrogens with one attached hydrogen (secondary N) is 1. The maximum Gasteiger partial charge on any atom is 0.121 e. The van der Waals surface area contributed by atoms with Crippen molar-refractivity contribution in [1.29, 1.82) is 0 Å². The Morgan fingerprint density at radius 1 is 1.50 bits per heavy atom. The fraction of sp³-hybridized carbons (Fsp3) is 0.733. The van der Waals surface area contributed by atoms with Crippen molar-refractivity contribution < 1.29 is 4.42 Å². The van der Waals surface area contributed by atoms with Crippen LogP contribution in [0.25, 0.3) is 0 Å². The average Bonchev–Trinajstić information content (AvgIpc) is 2.99. The Kier molecular flexibility index (Phi) is 4.84. The summed E-state index contributed by atoms with van der Waals surface area (Å²) in [5.74, 6) is 2.10. The van der Waals surface area contributed by atoms with E-state index in [1.165, 1.54) is 25.8 Å². The van der Waals surface area contributed by atoms with Gasteiger partial charge in [0.2, 0.25) is 0 Å².